The molecule has 3 amide bonds. The van der Waals surface area contributed by atoms with Crippen LogP contribution in [0.15, 0.2) is 5.38 Å². The molecule has 0 bridgehead atoms. The maximum Gasteiger partial charge on any atom is 0.239 e. The molecule has 1 atom stereocenters. The molecule has 23 heavy (non-hydrogen) atoms. The first-order valence-corrected chi connectivity index (χ1v) is 8.24. The van der Waals surface area contributed by atoms with Crippen molar-refractivity contribution in [2.24, 2.45) is 0 Å². The Bertz CT molecular complexity index is 578. The van der Waals surface area contributed by atoms with Crippen LogP contribution in [0, 0.1) is 0 Å². The lowest BCUT2D eigenvalue weighted by atomic mass is 9.93. The van der Waals surface area contributed by atoms with Crippen LogP contribution in [0.4, 0.5) is 0 Å². The molecule has 8 heteroatoms. The van der Waals surface area contributed by atoms with Crippen LogP contribution >= 0.6 is 11.3 Å². The summed E-state index contributed by atoms with van der Waals surface area (Å²) in [5.41, 5.74) is 0.957. The molecule has 0 saturated carbocycles. The van der Waals surface area contributed by atoms with E-state index in [2.05, 4.69) is 41.7 Å². The van der Waals surface area contributed by atoms with Crippen molar-refractivity contribution in [3.8, 4) is 0 Å². The molecule has 0 saturated heterocycles. The highest BCUT2D eigenvalue weighted by atomic mass is 32.1. The molecule has 0 spiro atoms. The average molecular weight is 340 g/mol. The van der Waals surface area contributed by atoms with Gasteiger partial charge >= 0.3 is 0 Å². The Kier molecular flexibility index (Phi) is 6.68. The summed E-state index contributed by atoms with van der Waals surface area (Å²) in [4.78, 5) is 38.5. The average Bonchev–Trinajstić information content (AvgIpc) is 2.92. The molecule has 1 rings (SSSR count). The third-order valence-corrected chi connectivity index (χ3v) is 4.01. The van der Waals surface area contributed by atoms with Crippen molar-refractivity contribution in [3.05, 3.63) is 16.1 Å². The van der Waals surface area contributed by atoms with Crippen LogP contribution in [-0.4, -0.2) is 35.8 Å². The van der Waals surface area contributed by atoms with Gasteiger partial charge in [0.25, 0.3) is 0 Å². The molecule has 128 valence electrons. The van der Waals surface area contributed by atoms with Crippen molar-refractivity contribution in [2.45, 2.75) is 46.1 Å². The molecule has 0 aliphatic rings. The van der Waals surface area contributed by atoms with Crippen molar-refractivity contribution in [3.63, 3.8) is 0 Å². The maximum absolute atomic E-state index is 11.8. The van der Waals surface area contributed by atoms with E-state index in [4.69, 9.17) is 0 Å². The van der Waals surface area contributed by atoms with E-state index >= 15 is 0 Å². The van der Waals surface area contributed by atoms with E-state index in [1.807, 2.05) is 12.3 Å². The lowest BCUT2D eigenvalue weighted by Crippen LogP contribution is -2.42. The Hall–Kier alpha value is -1.96. The smallest absolute Gasteiger partial charge is 0.239 e. The van der Waals surface area contributed by atoms with Gasteiger partial charge in [-0.05, 0) is 6.92 Å². The topological polar surface area (TPSA) is 100 Å². The summed E-state index contributed by atoms with van der Waals surface area (Å²) >= 11 is 1.50. The number of carbonyl (C=O) groups is 3. The lowest BCUT2D eigenvalue weighted by Gasteiger charge is -2.15. The van der Waals surface area contributed by atoms with E-state index < -0.39 is 5.91 Å². The minimum absolute atomic E-state index is 0.0316. The Morgan fingerprint density at radius 3 is 2.30 bits per heavy atom. The number of hydrogen-bond acceptors (Lipinski definition) is 5. The number of hydrogen-bond donors (Lipinski definition) is 3. The van der Waals surface area contributed by atoms with Gasteiger partial charge in [-0.2, -0.15) is 0 Å². The van der Waals surface area contributed by atoms with Crippen LogP contribution in [0.25, 0.3) is 0 Å². The van der Waals surface area contributed by atoms with Crippen LogP contribution in [0.2, 0.25) is 0 Å². The molecule has 0 aliphatic heterocycles. The van der Waals surface area contributed by atoms with Crippen LogP contribution in [0.5, 0.6) is 0 Å². The summed E-state index contributed by atoms with van der Waals surface area (Å²) < 4.78 is 0. The fourth-order valence-electron chi connectivity index (χ4n) is 1.63. The first-order chi connectivity index (χ1) is 10.6. The maximum atomic E-state index is 11.8. The predicted molar refractivity (Wildman–Crippen MR) is 89.1 cm³/mol. The third-order valence-electron chi connectivity index (χ3n) is 2.98. The van der Waals surface area contributed by atoms with Gasteiger partial charge in [-0.15, -0.1) is 11.3 Å². The second kappa shape index (κ2) is 8.05. The number of carbonyl (C=O) groups excluding carboxylic acids is 3. The van der Waals surface area contributed by atoms with E-state index in [1.165, 1.54) is 18.3 Å². The lowest BCUT2D eigenvalue weighted by molar-refractivity contribution is -0.127. The van der Waals surface area contributed by atoms with Gasteiger partial charge in [-0.1, -0.05) is 20.8 Å². The quantitative estimate of drug-likeness (QED) is 0.715. The first kappa shape index (κ1) is 19.1. The van der Waals surface area contributed by atoms with Crippen molar-refractivity contribution < 1.29 is 14.4 Å². The Morgan fingerprint density at radius 2 is 1.78 bits per heavy atom. The van der Waals surface area contributed by atoms with E-state index in [-0.39, 0.29) is 36.4 Å². The zero-order valence-electron chi connectivity index (χ0n) is 14.1. The number of nitrogens with zero attached hydrogens (tertiary/aromatic N) is 1. The molecular weight excluding hydrogens is 316 g/mol. The largest absolute Gasteiger partial charge is 0.347 e. The van der Waals surface area contributed by atoms with E-state index in [9.17, 15) is 14.4 Å². The van der Waals surface area contributed by atoms with Gasteiger partial charge in [0.15, 0.2) is 0 Å². The number of thiazole rings is 1. The van der Waals surface area contributed by atoms with E-state index in [0.29, 0.717) is 0 Å². The number of rotatable bonds is 6. The molecular formula is C15H24N4O3S. The van der Waals surface area contributed by atoms with Crippen LogP contribution in [0.1, 0.15) is 51.4 Å². The second-order valence-electron chi connectivity index (χ2n) is 6.30. The molecule has 0 aliphatic carbocycles. The summed E-state index contributed by atoms with van der Waals surface area (Å²) in [6.07, 6.45) is 0. The Morgan fingerprint density at radius 1 is 1.17 bits per heavy atom. The molecule has 1 unspecified atom stereocenters. The molecule has 1 aromatic rings. The predicted octanol–water partition coefficient (Wildman–Crippen LogP) is 0.870. The molecule has 1 heterocycles. The fourth-order valence-corrected chi connectivity index (χ4v) is 2.68. The van der Waals surface area contributed by atoms with Gasteiger partial charge in [-0.25, -0.2) is 4.98 Å². The summed E-state index contributed by atoms with van der Waals surface area (Å²) in [5, 5.41) is 10.4. The highest BCUT2D eigenvalue weighted by molar-refractivity contribution is 7.09. The minimum atomic E-state index is -0.410. The normalized spacial score (nSPS) is 12.4. The summed E-state index contributed by atoms with van der Waals surface area (Å²) in [5.74, 6) is -1.01. The molecule has 0 fully saturated rings. The summed E-state index contributed by atoms with van der Waals surface area (Å²) in [7, 11) is 0. The third kappa shape index (κ3) is 6.77. The van der Waals surface area contributed by atoms with Crippen LogP contribution in [0.3, 0.4) is 0 Å². The molecule has 3 N–H and O–H groups in total. The molecule has 0 radical (unpaired) electrons. The highest BCUT2D eigenvalue weighted by Gasteiger charge is 2.20. The van der Waals surface area contributed by atoms with Gasteiger partial charge in [0.2, 0.25) is 17.7 Å². The SMILES string of the molecule is CC(=O)NCC(=O)NCC(=O)NC(C)c1nc(C(C)(C)C)cs1. The Labute approximate surface area is 140 Å². The standard InChI is InChI=1S/C15H24N4O3S/c1-9(14-19-11(8-23-14)15(3,4)5)18-13(22)7-17-12(21)6-16-10(2)20/h8-9H,6-7H2,1-5H3,(H,16,20)(H,17,21)(H,18,22). The zero-order valence-corrected chi connectivity index (χ0v) is 15.0. The highest BCUT2D eigenvalue weighted by Crippen LogP contribution is 2.26. The van der Waals surface area contributed by atoms with Gasteiger partial charge in [-0.3, -0.25) is 14.4 Å². The first-order valence-electron chi connectivity index (χ1n) is 7.36. The Balaban J connectivity index is 2.43. The number of amides is 3. The zero-order chi connectivity index (χ0) is 17.6. The number of nitrogens with one attached hydrogen (secondary N) is 3. The number of aromatic nitrogens is 1. The van der Waals surface area contributed by atoms with Crippen molar-refractivity contribution in [1.82, 2.24) is 20.9 Å². The van der Waals surface area contributed by atoms with Crippen LogP contribution in [-0.2, 0) is 19.8 Å². The monoisotopic (exact) mass is 340 g/mol. The fraction of sp³-hybridized carbons (Fsp3) is 0.600. The second-order valence-corrected chi connectivity index (χ2v) is 7.19. The van der Waals surface area contributed by atoms with Gasteiger partial charge in [0.05, 0.1) is 24.8 Å². The summed E-state index contributed by atoms with van der Waals surface area (Å²) in [6, 6.07) is -0.226. The van der Waals surface area contributed by atoms with E-state index in [1.54, 1.807) is 0 Å². The molecule has 7 nitrogen and oxygen atoms in total. The van der Waals surface area contributed by atoms with Gasteiger partial charge in [0.1, 0.15) is 5.01 Å². The van der Waals surface area contributed by atoms with E-state index in [0.717, 1.165) is 10.7 Å². The minimum Gasteiger partial charge on any atom is -0.347 e. The van der Waals surface area contributed by atoms with Crippen molar-refractivity contribution in [2.75, 3.05) is 13.1 Å². The van der Waals surface area contributed by atoms with Crippen molar-refractivity contribution in [1.29, 1.82) is 0 Å². The van der Waals surface area contributed by atoms with Crippen LogP contribution < -0.4 is 16.0 Å². The van der Waals surface area contributed by atoms with Crippen molar-refractivity contribution >= 4 is 29.1 Å². The molecule has 1 aromatic heterocycles. The molecule has 0 aromatic carbocycles. The summed E-state index contributed by atoms with van der Waals surface area (Å²) in [6.45, 7) is 9.14. The van der Waals surface area contributed by atoms with Gasteiger partial charge < -0.3 is 16.0 Å². The van der Waals surface area contributed by atoms with Gasteiger partial charge in [0, 0.05) is 17.7 Å².